The average Bonchev–Trinajstić information content (AvgIpc) is 2.38. The summed E-state index contributed by atoms with van der Waals surface area (Å²) in [4.78, 5) is 13.2. The van der Waals surface area contributed by atoms with Gasteiger partial charge in [0.25, 0.3) is 0 Å². The van der Waals surface area contributed by atoms with Gasteiger partial charge >= 0.3 is 5.97 Å². The predicted molar refractivity (Wildman–Crippen MR) is 79.6 cm³/mol. The summed E-state index contributed by atoms with van der Waals surface area (Å²) in [6, 6.07) is 0. The molecule has 1 aliphatic rings. The molecule has 1 aliphatic carbocycles. The number of hydrogen-bond donors (Lipinski definition) is 1. The van der Waals surface area contributed by atoms with Crippen LogP contribution in [0.3, 0.4) is 0 Å². The van der Waals surface area contributed by atoms with E-state index in [2.05, 4.69) is 4.90 Å². The van der Waals surface area contributed by atoms with Crippen molar-refractivity contribution in [3.8, 4) is 0 Å². The molecule has 1 rings (SSSR count). The smallest absolute Gasteiger partial charge is 0.305 e. The molecule has 1 N–H and O–H groups in total. The number of carboxylic acid groups (broad SMARTS) is 1. The highest BCUT2D eigenvalue weighted by Crippen LogP contribution is 2.35. The van der Waals surface area contributed by atoms with Crippen LogP contribution in [-0.2, 0) is 14.6 Å². The van der Waals surface area contributed by atoms with Gasteiger partial charge < -0.3 is 10.0 Å². The first-order valence-corrected chi connectivity index (χ1v) is 9.27. The Morgan fingerprint density at radius 2 is 1.85 bits per heavy atom. The van der Waals surface area contributed by atoms with E-state index in [9.17, 15) is 13.2 Å². The Morgan fingerprint density at radius 1 is 1.25 bits per heavy atom. The van der Waals surface area contributed by atoms with Gasteiger partial charge in [-0.3, -0.25) is 4.79 Å². The summed E-state index contributed by atoms with van der Waals surface area (Å²) in [5, 5.41) is 9.15. The van der Waals surface area contributed by atoms with Crippen molar-refractivity contribution in [3.63, 3.8) is 0 Å². The number of sulfone groups is 1. The average molecular weight is 305 g/mol. The van der Waals surface area contributed by atoms with Crippen molar-refractivity contribution < 1.29 is 18.3 Å². The van der Waals surface area contributed by atoms with Crippen LogP contribution in [0.1, 0.15) is 51.9 Å². The predicted octanol–water partition coefficient (Wildman–Crippen LogP) is 1.92. The Balaban J connectivity index is 2.60. The number of rotatable bonds is 8. The van der Waals surface area contributed by atoms with E-state index in [1.54, 1.807) is 6.92 Å². The molecule has 5 nitrogen and oxygen atoms in total. The molecule has 0 aromatic rings. The summed E-state index contributed by atoms with van der Waals surface area (Å²) >= 11 is 0. The molecule has 0 unspecified atom stereocenters. The Morgan fingerprint density at radius 3 is 2.35 bits per heavy atom. The zero-order valence-corrected chi connectivity index (χ0v) is 13.4. The maximum Gasteiger partial charge on any atom is 0.305 e. The maximum atomic E-state index is 11.5. The molecule has 1 saturated carbocycles. The van der Waals surface area contributed by atoms with E-state index in [-0.39, 0.29) is 23.5 Å². The van der Waals surface area contributed by atoms with E-state index in [0.29, 0.717) is 13.0 Å². The molecule has 0 atom stereocenters. The molecule has 0 heterocycles. The van der Waals surface area contributed by atoms with Crippen molar-refractivity contribution in [1.82, 2.24) is 4.90 Å². The highest BCUT2D eigenvalue weighted by atomic mass is 32.2. The molecule has 118 valence electrons. The van der Waals surface area contributed by atoms with Gasteiger partial charge in [-0.15, -0.1) is 0 Å². The van der Waals surface area contributed by atoms with E-state index in [1.165, 1.54) is 6.42 Å². The van der Waals surface area contributed by atoms with Crippen molar-refractivity contribution >= 4 is 15.8 Å². The fourth-order valence-corrected chi connectivity index (χ4v) is 3.95. The molecule has 0 spiro atoms. The Hall–Kier alpha value is -0.620. The van der Waals surface area contributed by atoms with E-state index < -0.39 is 15.8 Å². The van der Waals surface area contributed by atoms with E-state index in [4.69, 9.17) is 5.11 Å². The molecular formula is C14H27NO4S. The van der Waals surface area contributed by atoms with E-state index in [0.717, 1.165) is 25.7 Å². The molecule has 0 bridgehead atoms. The van der Waals surface area contributed by atoms with Gasteiger partial charge in [-0.05, 0) is 32.9 Å². The maximum absolute atomic E-state index is 11.5. The summed E-state index contributed by atoms with van der Waals surface area (Å²) in [5.74, 6) is -0.395. The Kier molecular flexibility index (Phi) is 6.45. The van der Waals surface area contributed by atoms with Crippen LogP contribution in [-0.4, -0.2) is 55.0 Å². The lowest BCUT2D eigenvalue weighted by Crippen LogP contribution is -2.50. The van der Waals surface area contributed by atoms with Gasteiger partial charge in [0.15, 0.2) is 0 Å². The highest BCUT2D eigenvalue weighted by Gasteiger charge is 2.37. The Bertz CT molecular complexity index is 413. The zero-order chi connectivity index (χ0) is 15.2. The molecule has 0 aliphatic heterocycles. The van der Waals surface area contributed by atoms with Gasteiger partial charge in [-0.25, -0.2) is 8.42 Å². The zero-order valence-electron chi connectivity index (χ0n) is 12.6. The molecule has 0 aromatic carbocycles. The van der Waals surface area contributed by atoms with E-state index in [1.807, 2.05) is 7.05 Å². The second-order valence-electron chi connectivity index (χ2n) is 5.87. The van der Waals surface area contributed by atoms with Crippen LogP contribution in [0.25, 0.3) is 0 Å². The topological polar surface area (TPSA) is 74.7 Å². The van der Waals surface area contributed by atoms with Crippen LogP contribution in [0.15, 0.2) is 0 Å². The van der Waals surface area contributed by atoms with Gasteiger partial charge in [0.2, 0.25) is 0 Å². The largest absolute Gasteiger partial charge is 0.481 e. The van der Waals surface area contributed by atoms with Gasteiger partial charge in [-0.2, -0.15) is 0 Å². The lowest BCUT2D eigenvalue weighted by Gasteiger charge is -2.44. The summed E-state index contributed by atoms with van der Waals surface area (Å²) < 4.78 is 23.0. The number of nitrogens with zero attached hydrogens (tertiary/aromatic N) is 1. The van der Waals surface area contributed by atoms with Crippen molar-refractivity contribution in [3.05, 3.63) is 0 Å². The van der Waals surface area contributed by atoms with Crippen molar-refractivity contribution in [1.29, 1.82) is 0 Å². The number of aliphatic carboxylic acids is 1. The summed E-state index contributed by atoms with van der Waals surface area (Å²) in [5.41, 5.74) is -0.278. The van der Waals surface area contributed by atoms with Gasteiger partial charge in [-0.1, -0.05) is 26.2 Å². The van der Waals surface area contributed by atoms with Crippen molar-refractivity contribution in [2.24, 2.45) is 0 Å². The first-order chi connectivity index (χ1) is 9.31. The van der Waals surface area contributed by atoms with E-state index >= 15 is 0 Å². The van der Waals surface area contributed by atoms with Gasteiger partial charge in [0.05, 0.1) is 12.2 Å². The standard InChI is InChI=1S/C14H27NO4S/c1-3-20(18,19)11-7-10-15(2)14(12-13(16)17)8-5-4-6-9-14/h3-12H2,1-2H3,(H,16,17). The Labute approximate surface area is 122 Å². The van der Waals surface area contributed by atoms with Crippen molar-refractivity contribution in [2.45, 2.75) is 57.4 Å². The minimum atomic E-state index is -2.93. The van der Waals surface area contributed by atoms with Crippen LogP contribution in [0.4, 0.5) is 0 Å². The third kappa shape index (κ3) is 5.05. The fraction of sp³-hybridized carbons (Fsp3) is 0.929. The number of hydrogen-bond acceptors (Lipinski definition) is 4. The van der Waals surface area contributed by atoms with Crippen LogP contribution in [0, 0.1) is 0 Å². The molecule has 0 amide bonds. The second-order valence-corrected chi connectivity index (χ2v) is 8.34. The SMILES string of the molecule is CCS(=O)(=O)CCCN(C)C1(CC(=O)O)CCCCC1. The van der Waals surface area contributed by atoms with Crippen LogP contribution in [0.2, 0.25) is 0 Å². The molecule has 20 heavy (non-hydrogen) atoms. The number of carboxylic acids is 1. The molecule has 0 radical (unpaired) electrons. The monoisotopic (exact) mass is 305 g/mol. The summed E-state index contributed by atoms with van der Waals surface area (Å²) in [6.07, 6.45) is 5.82. The molecule has 0 saturated heterocycles. The number of carbonyl (C=O) groups is 1. The molecule has 1 fully saturated rings. The van der Waals surface area contributed by atoms with Crippen LogP contribution in [0.5, 0.6) is 0 Å². The molecule has 6 heteroatoms. The van der Waals surface area contributed by atoms with Crippen LogP contribution < -0.4 is 0 Å². The minimum Gasteiger partial charge on any atom is -0.481 e. The normalized spacial score (nSPS) is 19.1. The lowest BCUT2D eigenvalue weighted by atomic mass is 9.78. The van der Waals surface area contributed by atoms with Gasteiger partial charge in [0, 0.05) is 11.3 Å². The first kappa shape index (κ1) is 17.4. The molecule has 0 aromatic heterocycles. The minimum absolute atomic E-state index is 0.157. The summed E-state index contributed by atoms with van der Waals surface area (Å²) in [6.45, 7) is 2.30. The third-order valence-electron chi connectivity index (χ3n) is 4.46. The van der Waals surface area contributed by atoms with Crippen LogP contribution >= 0.6 is 0 Å². The lowest BCUT2D eigenvalue weighted by molar-refractivity contribution is -0.141. The third-order valence-corrected chi connectivity index (χ3v) is 6.25. The first-order valence-electron chi connectivity index (χ1n) is 7.45. The second kappa shape index (κ2) is 7.41. The van der Waals surface area contributed by atoms with Crippen molar-refractivity contribution in [2.75, 3.05) is 25.1 Å². The summed E-state index contributed by atoms with van der Waals surface area (Å²) in [7, 11) is -0.994. The quantitative estimate of drug-likeness (QED) is 0.741. The fourth-order valence-electron chi connectivity index (χ4n) is 3.09. The highest BCUT2D eigenvalue weighted by molar-refractivity contribution is 7.91. The molecular weight excluding hydrogens is 278 g/mol. The van der Waals surface area contributed by atoms with Gasteiger partial charge in [0.1, 0.15) is 9.84 Å².